The van der Waals surface area contributed by atoms with E-state index in [2.05, 4.69) is 32.1 Å². The van der Waals surface area contributed by atoms with Crippen LogP contribution in [-0.4, -0.2) is 41.5 Å². The zero-order valence-corrected chi connectivity index (χ0v) is 23.3. The molecule has 0 radical (unpaired) electrons. The summed E-state index contributed by atoms with van der Waals surface area (Å²) >= 11 is 0. The van der Waals surface area contributed by atoms with Crippen LogP contribution in [-0.2, 0) is 36.0 Å². The Morgan fingerprint density at radius 2 is 1.59 bits per heavy atom. The van der Waals surface area contributed by atoms with Gasteiger partial charge in [0.05, 0.1) is 10.6 Å². The third kappa shape index (κ3) is 6.32. The van der Waals surface area contributed by atoms with Crippen LogP contribution in [0.1, 0.15) is 22.4 Å². The number of aromatic hydroxyl groups is 1. The summed E-state index contributed by atoms with van der Waals surface area (Å²) in [6.07, 6.45) is 1.32. The van der Waals surface area contributed by atoms with Gasteiger partial charge in [-0.05, 0) is 59.0 Å². The van der Waals surface area contributed by atoms with E-state index < -0.39 is 10.0 Å². The first kappa shape index (κ1) is 26.7. The second kappa shape index (κ2) is 11.6. The van der Waals surface area contributed by atoms with E-state index in [1.165, 1.54) is 5.56 Å². The molecular formula is C32H31N5O3S. The predicted octanol–water partition coefficient (Wildman–Crippen LogP) is 5.35. The van der Waals surface area contributed by atoms with Crippen molar-refractivity contribution in [3.05, 3.63) is 119 Å². The van der Waals surface area contributed by atoms with Crippen molar-refractivity contribution in [2.45, 2.75) is 30.8 Å². The average molecular weight is 566 g/mol. The minimum Gasteiger partial charge on any atom is -0.508 e. The topological polar surface area (TPSA) is 107 Å². The molecule has 6 rings (SSSR count). The Kier molecular flexibility index (Phi) is 7.54. The van der Waals surface area contributed by atoms with E-state index in [9.17, 15) is 13.5 Å². The van der Waals surface area contributed by atoms with Crippen molar-refractivity contribution in [3.8, 4) is 5.75 Å². The second-order valence-electron chi connectivity index (χ2n) is 10.2. The van der Waals surface area contributed by atoms with Crippen molar-refractivity contribution in [3.63, 3.8) is 0 Å². The van der Waals surface area contributed by atoms with Crippen molar-refractivity contribution >= 4 is 32.6 Å². The van der Waals surface area contributed by atoms with Gasteiger partial charge in [0, 0.05) is 31.7 Å². The molecule has 0 aliphatic carbocycles. The number of phenolic OH excluding ortho intramolecular Hbond substituents is 1. The largest absolute Gasteiger partial charge is 0.508 e. The smallest absolute Gasteiger partial charge is 0.263 e. The van der Waals surface area contributed by atoms with E-state index in [1.807, 2.05) is 60.7 Å². The number of anilines is 2. The van der Waals surface area contributed by atoms with Crippen LogP contribution >= 0.6 is 0 Å². The van der Waals surface area contributed by atoms with E-state index in [0.717, 1.165) is 40.7 Å². The third-order valence-electron chi connectivity index (χ3n) is 7.29. The number of phenols is 1. The van der Waals surface area contributed by atoms with Crippen molar-refractivity contribution in [1.29, 1.82) is 0 Å². The molecule has 208 valence electrons. The molecule has 0 saturated heterocycles. The number of rotatable bonds is 9. The second-order valence-corrected chi connectivity index (χ2v) is 11.9. The highest BCUT2D eigenvalue weighted by atomic mass is 32.2. The van der Waals surface area contributed by atoms with Crippen molar-refractivity contribution in [2.75, 3.05) is 23.1 Å². The zero-order chi connectivity index (χ0) is 28.2. The summed E-state index contributed by atoms with van der Waals surface area (Å²) in [6.45, 7) is 2.69. The first-order valence-electron chi connectivity index (χ1n) is 13.6. The highest BCUT2D eigenvalue weighted by Gasteiger charge is 2.26. The number of nitrogens with zero attached hydrogens (tertiary/aromatic N) is 3. The van der Waals surface area contributed by atoms with Crippen LogP contribution in [0.3, 0.4) is 0 Å². The molecule has 1 aliphatic heterocycles. The van der Waals surface area contributed by atoms with Gasteiger partial charge in [-0.2, -0.15) is 4.98 Å². The van der Waals surface area contributed by atoms with Crippen molar-refractivity contribution < 1.29 is 13.5 Å². The quantitative estimate of drug-likeness (QED) is 0.221. The fourth-order valence-electron chi connectivity index (χ4n) is 5.13. The normalized spacial score (nSPS) is 13.6. The average Bonchev–Trinajstić information content (AvgIpc) is 2.98. The van der Waals surface area contributed by atoms with Crippen LogP contribution in [0.2, 0.25) is 0 Å². The number of sulfonamides is 1. The van der Waals surface area contributed by atoms with Gasteiger partial charge < -0.3 is 10.4 Å². The minimum absolute atomic E-state index is 0.187. The Morgan fingerprint density at radius 1 is 0.829 bits per heavy atom. The maximum atomic E-state index is 13.6. The van der Waals surface area contributed by atoms with E-state index in [0.29, 0.717) is 37.7 Å². The Balaban J connectivity index is 1.27. The molecule has 0 amide bonds. The number of hydrogen-bond acceptors (Lipinski definition) is 7. The maximum absolute atomic E-state index is 13.6. The molecule has 41 heavy (non-hydrogen) atoms. The van der Waals surface area contributed by atoms with Gasteiger partial charge in [-0.15, -0.1) is 0 Å². The molecule has 3 N–H and O–H groups in total. The standard InChI is InChI=1S/C32H31N5O3S/c38-27-13-10-23(11-14-27)16-18-33-32-34-30-22-37(21-24-6-2-1-3-7-24)19-17-29(30)31(35-32)36-41(39,40)28-15-12-25-8-4-5-9-26(25)20-28/h1-15,20,38H,16-19,21-22H2,(H2,33,34,35,36). The molecule has 1 aromatic heterocycles. The van der Waals surface area contributed by atoms with Gasteiger partial charge in [0.25, 0.3) is 10.0 Å². The highest BCUT2D eigenvalue weighted by molar-refractivity contribution is 7.92. The lowest BCUT2D eigenvalue weighted by Gasteiger charge is -2.29. The van der Waals surface area contributed by atoms with Gasteiger partial charge in [0.15, 0.2) is 0 Å². The summed E-state index contributed by atoms with van der Waals surface area (Å²) in [5.74, 6) is 0.915. The molecule has 0 unspecified atom stereocenters. The molecule has 9 heteroatoms. The summed E-state index contributed by atoms with van der Waals surface area (Å²) in [7, 11) is -3.89. The molecule has 0 fully saturated rings. The number of hydrogen-bond donors (Lipinski definition) is 3. The van der Waals surface area contributed by atoms with E-state index >= 15 is 0 Å². The lowest BCUT2D eigenvalue weighted by atomic mass is 10.0. The number of benzene rings is 4. The molecule has 0 bridgehead atoms. The third-order valence-corrected chi connectivity index (χ3v) is 8.63. The van der Waals surface area contributed by atoms with Crippen molar-refractivity contribution in [1.82, 2.24) is 14.9 Å². The van der Waals surface area contributed by atoms with E-state index in [4.69, 9.17) is 4.98 Å². The molecule has 8 nitrogen and oxygen atoms in total. The van der Waals surface area contributed by atoms with Gasteiger partial charge in [-0.25, -0.2) is 13.4 Å². The monoisotopic (exact) mass is 565 g/mol. The Hall–Kier alpha value is -4.47. The van der Waals surface area contributed by atoms with Crippen LogP contribution in [0, 0.1) is 0 Å². The molecule has 1 aliphatic rings. The van der Waals surface area contributed by atoms with Crippen LogP contribution < -0.4 is 10.0 Å². The summed E-state index contributed by atoms with van der Waals surface area (Å²) in [4.78, 5) is 12.0. The molecule has 4 aromatic carbocycles. The lowest BCUT2D eigenvalue weighted by molar-refractivity contribution is 0.241. The first-order chi connectivity index (χ1) is 19.9. The molecule has 0 spiro atoms. The van der Waals surface area contributed by atoms with Crippen LogP contribution in [0.5, 0.6) is 5.75 Å². The minimum atomic E-state index is -3.89. The number of fused-ring (bicyclic) bond motifs is 2. The van der Waals surface area contributed by atoms with Gasteiger partial charge in [0.1, 0.15) is 11.6 Å². The SMILES string of the molecule is O=S(=O)(Nc1nc(NCCc2ccc(O)cc2)nc2c1CCN(Cc1ccccc1)C2)c1ccc2ccccc2c1. The van der Waals surface area contributed by atoms with Gasteiger partial charge in [-0.1, -0.05) is 72.8 Å². The number of aromatic nitrogens is 2. The zero-order valence-electron chi connectivity index (χ0n) is 22.5. The number of nitrogens with one attached hydrogen (secondary N) is 2. The Labute approximate surface area is 239 Å². The van der Waals surface area contributed by atoms with Gasteiger partial charge >= 0.3 is 0 Å². The Bertz CT molecular complexity index is 1780. The van der Waals surface area contributed by atoms with Gasteiger partial charge in [-0.3, -0.25) is 9.62 Å². The molecule has 0 saturated carbocycles. The first-order valence-corrected chi connectivity index (χ1v) is 15.1. The highest BCUT2D eigenvalue weighted by Crippen LogP contribution is 2.29. The molecule has 0 atom stereocenters. The lowest BCUT2D eigenvalue weighted by Crippen LogP contribution is -2.32. The van der Waals surface area contributed by atoms with Crippen LogP contribution in [0.4, 0.5) is 11.8 Å². The molecule has 2 heterocycles. The van der Waals surface area contributed by atoms with E-state index in [1.54, 1.807) is 24.3 Å². The fraction of sp³-hybridized carbons (Fsp3) is 0.188. The van der Waals surface area contributed by atoms with Crippen LogP contribution in [0.15, 0.2) is 102 Å². The maximum Gasteiger partial charge on any atom is 0.263 e. The fourth-order valence-corrected chi connectivity index (χ4v) is 6.20. The van der Waals surface area contributed by atoms with Crippen LogP contribution in [0.25, 0.3) is 10.8 Å². The van der Waals surface area contributed by atoms with E-state index in [-0.39, 0.29) is 10.6 Å². The summed E-state index contributed by atoms with van der Waals surface area (Å²) in [6, 6.07) is 30.1. The summed E-state index contributed by atoms with van der Waals surface area (Å²) in [5.41, 5.74) is 3.90. The Morgan fingerprint density at radius 3 is 2.39 bits per heavy atom. The van der Waals surface area contributed by atoms with Gasteiger partial charge in [0.2, 0.25) is 5.95 Å². The summed E-state index contributed by atoms with van der Waals surface area (Å²) in [5, 5.41) is 14.7. The molecular weight excluding hydrogens is 534 g/mol. The molecule has 5 aromatic rings. The van der Waals surface area contributed by atoms with Crippen molar-refractivity contribution in [2.24, 2.45) is 0 Å². The predicted molar refractivity (Wildman–Crippen MR) is 161 cm³/mol. The summed E-state index contributed by atoms with van der Waals surface area (Å²) < 4.78 is 29.9.